The van der Waals surface area contributed by atoms with Gasteiger partial charge in [0.2, 0.25) is 0 Å². The first-order chi connectivity index (χ1) is 9.58. The molecule has 0 heterocycles. The standard InChI is InChI=1S/C15H23Br2NO2/c1-3-5-19-6-7-20-15-13(16)9-11(10-14(15)17)8-12(18)4-2/h9-10,12H,3-8,18H2,1-2H3. The molecule has 1 aromatic rings. The molecule has 2 N–H and O–H groups in total. The van der Waals surface area contributed by atoms with Crippen molar-refractivity contribution in [1.82, 2.24) is 0 Å². The average Bonchev–Trinajstić information content (AvgIpc) is 2.41. The lowest BCUT2D eigenvalue weighted by Crippen LogP contribution is -2.21. The predicted octanol–water partition coefficient (Wildman–Crippen LogP) is 4.30. The number of halogens is 2. The van der Waals surface area contributed by atoms with E-state index in [1.54, 1.807) is 0 Å². The lowest BCUT2D eigenvalue weighted by molar-refractivity contribution is 0.100. The minimum absolute atomic E-state index is 0.197. The van der Waals surface area contributed by atoms with E-state index in [1.807, 2.05) is 0 Å². The first kappa shape index (κ1) is 18.0. The monoisotopic (exact) mass is 407 g/mol. The van der Waals surface area contributed by atoms with E-state index in [0.29, 0.717) is 13.2 Å². The van der Waals surface area contributed by atoms with Crippen LogP contribution in [0.3, 0.4) is 0 Å². The van der Waals surface area contributed by atoms with E-state index in [9.17, 15) is 0 Å². The van der Waals surface area contributed by atoms with Crippen LogP contribution >= 0.6 is 31.9 Å². The van der Waals surface area contributed by atoms with E-state index in [1.165, 1.54) is 5.56 Å². The maximum Gasteiger partial charge on any atom is 0.147 e. The number of ether oxygens (including phenoxy) is 2. The summed E-state index contributed by atoms with van der Waals surface area (Å²) in [6, 6.07) is 4.34. The van der Waals surface area contributed by atoms with Crippen LogP contribution < -0.4 is 10.5 Å². The van der Waals surface area contributed by atoms with E-state index in [4.69, 9.17) is 15.2 Å². The van der Waals surface area contributed by atoms with Gasteiger partial charge < -0.3 is 15.2 Å². The number of nitrogens with two attached hydrogens (primary N) is 1. The van der Waals surface area contributed by atoms with Gasteiger partial charge in [-0.25, -0.2) is 0 Å². The van der Waals surface area contributed by atoms with Gasteiger partial charge in [-0.15, -0.1) is 0 Å². The minimum Gasteiger partial charge on any atom is -0.489 e. The van der Waals surface area contributed by atoms with Gasteiger partial charge in [-0.3, -0.25) is 0 Å². The van der Waals surface area contributed by atoms with Crippen LogP contribution in [0.25, 0.3) is 0 Å². The molecule has 0 saturated carbocycles. The third-order valence-corrected chi connectivity index (χ3v) is 4.08. The Kier molecular flexibility index (Phi) is 8.77. The highest BCUT2D eigenvalue weighted by molar-refractivity contribution is 9.11. The van der Waals surface area contributed by atoms with Crippen molar-refractivity contribution in [3.63, 3.8) is 0 Å². The Labute approximate surface area is 138 Å². The molecule has 0 radical (unpaired) electrons. The predicted molar refractivity (Wildman–Crippen MR) is 90.4 cm³/mol. The Morgan fingerprint density at radius 3 is 2.30 bits per heavy atom. The Morgan fingerprint density at radius 2 is 1.75 bits per heavy atom. The normalized spacial score (nSPS) is 12.4. The zero-order valence-corrected chi connectivity index (χ0v) is 15.3. The van der Waals surface area contributed by atoms with Gasteiger partial charge >= 0.3 is 0 Å². The van der Waals surface area contributed by atoms with Gasteiger partial charge in [0.1, 0.15) is 12.4 Å². The maximum atomic E-state index is 5.99. The van der Waals surface area contributed by atoms with Crippen LogP contribution in [0.2, 0.25) is 0 Å². The summed E-state index contributed by atoms with van der Waals surface area (Å²) >= 11 is 7.11. The van der Waals surface area contributed by atoms with E-state index < -0.39 is 0 Å². The Bertz CT molecular complexity index is 390. The van der Waals surface area contributed by atoms with Gasteiger partial charge in [-0.05, 0) is 68.8 Å². The molecule has 1 unspecified atom stereocenters. The van der Waals surface area contributed by atoms with Crippen LogP contribution in [-0.2, 0) is 11.2 Å². The molecule has 0 aliphatic rings. The van der Waals surface area contributed by atoms with Crippen molar-refractivity contribution in [3.05, 3.63) is 26.6 Å². The van der Waals surface area contributed by atoms with Crippen molar-refractivity contribution >= 4 is 31.9 Å². The molecule has 1 rings (SSSR count). The molecule has 20 heavy (non-hydrogen) atoms. The Balaban J connectivity index is 2.59. The van der Waals surface area contributed by atoms with Crippen LogP contribution in [0.5, 0.6) is 5.75 Å². The SMILES string of the molecule is CCCOCCOc1c(Br)cc(CC(N)CC)cc1Br. The third-order valence-electron chi connectivity index (χ3n) is 2.90. The fourth-order valence-electron chi connectivity index (χ4n) is 1.76. The molecule has 3 nitrogen and oxygen atoms in total. The molecular formula is C15H23Br2NO2. The van der Waals surface area contributed by atoms with E-state index in [2.05, 4.69) is 57.8 Å². The topological polar surface area (TPSA) is 44.5 Å². The molecule has 1 atom stereocenters. The summed E-state index contributed by atoms with van der Waals surface area (Å²) in [6.45, 7) is 6.12. The van der Waals surface area contributed by atoms with Crippen molar-refractivity contribution in [1.29, 1.82) is 0 Å². The highest BCUT2D eigenvalue weighted by atomic mass is 79.9. The van der Waals surface area contributed by atoms with Crippen LogP contribution in [0.15, 0.2) is 21.1 Å². The summed E-state index contributed by atoms with van der Waals surface area (Å²) in [4.78, 5) is 0. The van der Waals surface area contributed by atoms with Crippen molar-refractivity contribution in [2.24, 2.45) is 5.73 Å². The Hall–Kier alpha value is -0.100. The van der Waals surface area contributed by atoms with Crippen molar-refractivity contribution in [3.8, 4) is 5.75 Å². The molecule has 0 aromatic heterocycles. The number of hydrogen-bond acceptors (Lipinski definition) is 3. The molecule has 0 fully saturated rings. The fourth-order valence-corrected chi connectivity index (χ4v) is 3.27. The van der Waals surface area contributed by atoms with Crippen LogP contribution in [-0.4, -0.2) is 25.9 Å². The van der Waals surface area contributed by atoms with Gasteiger partial charge in [0.15, 0.2) is 0 Å². The Morgan fingerprint density at radius 1 is 1.10 bits per heavy atom. The molecule has 0 aliphatic heterocycles. The molecule has 0 amide bonds. The van der Waals surface area contributed by atoms with Gasteiger partial charge in [0, 0.05) is 12.6 Å². The lowest BCUT2D eigenvalue weighted by Gasteiger charge is -2.14. The molecule has 0 spiro atoms. The summed E-state index contributed by atoms with van der Waals surface area (Å²) in [5.41, 5.74) is 7.19. The largest absolute Gasteiger partial charge is 0.489 e. The second kappa shape index (κ2) is 9.77. The molecule has 0 saturated heterocycles. The lowest BCUT2D eigenvalue weighted by atomic mass is 10.0. The fraction of sp³-hybridized carbons (Fsp3) is 0.600. The maximum absolute atomic E-state index is 5.99. The third kappa shape index (κ3) is 6.12. The minimum atomic E-state index is 0.197. The average molecular weight is 409 g/mol. The summed E-state index contributed by atoms with van der Waals surface area (Å²) in [5, 5.41) is 0. The van der Waals surface area contributed by atoms with Crippen LogP contribution in [0.1, 0.15) is 32.3 Å². The van der Waals surface area contributed by atoms with E-state index in [-0.39, 0.29) is 6.04 Å². The highest BCUT2D eigenvalue weighted by Crippen LogP contribution is 2.35. The van der Waals surface area contributed by atoms with Gasteiger partial charge in [-0.1, -0.05) is 13.8 Å². The summed E-state index contributed by atoms with van der Waals surface area (Å²) < 4.78 is 13.0. The number of rotatable bonds is 9. The molecule has 5 heteroatoms. The van der Waals surface area contributed by atoms with Crippen molar-refractivity contribution in [2.75, 3.05) is 19.8 Å². The van der Waals surface area contributed by atoms with Crippen molar-refractivity contribution in [2.45, 2.75) is 39.2 Å². The van der Waals surface area contributed by atoms with Gasteiger partial charge in [0.25, 0.3) is 0 Å². The second-order valence-electron chi connectivity index (χ2n) is 4.72. The summed E-state index contributed by atoms with van der Waals surface area (Å²) in [7, 11) is 0. The highest BCUT2D eigenvalue weighted by Gasteiger charge is 2.10. The molecule has 1 aromatic carbocycles. The molecule has 0 bridgehead atoms. The van der Waals surface area contributed by atoms with E-state index >= 15 is 0 Å². The number of benzene rings is 1. The zero-order chi connectivity index (χ0) is 15.0. The number of hydrogen-bond donors (Lipinski definition) is 1. The summed E-state index contributed by atoms with van der Waals surface area (Å²) in [5.74, 6) is 0.818. The van der Waals surface area contributed by atoms with Crippen molar-refractivity contribution < 1.29 is 9.47 Å². The first-order valence-electron chi connectivity index (χ1n) is 7.02. The van der Waals surface area contributed by atoms with E-state index in [0.717, 1.165) is 40.6 Å². The first-order valence-corrected chi connectivity index (χ1v) is 8.61. The second-order valence-corrected chi connectivity index (χ2v) is 6.43. The molecule has 0 aliphatic carbocycles. The molecular weight excluding hydrogens is 386 g/mol. The van der Waals surface area contributed by atoms with Gasteiger partial charge in [0.05, 0.1) is 15.6 Å². The van der Waals surface area contributed by atoms with Crippen LogP contribution in [0, 0.1) is 0 Å². The zero-order valence-electron chi connectivity index (χ0n) is 12.1. The van der Waals surface area contributed by atoms with Crippen LogP contribution in [0.4, 0.5) is 0 Å². The summed E-state index contributed by atoms with van der Waals surface area (Å²) in [6.07, 6.45) is 2.87. The quantitative estimate of drug-likeness (QED) is 0.619. The van der Waals surface area contributed by atoms with Gasteiger partial charge in [-0.2, -0.15) is 0 Å². The molecule has 114 valence electrons. The smallest absolute Gasteiger partial charge is 0.147 e.